The van der Waals surface area contributed by atoms with Crippen LogP contribution in [-0.4, -0.2) is 30.0 Å². The van der Waals surface area contributed by atoms with Crippen LogP contribution in [0.5, 0.6) is 0 Å². The van der Waals surface area contributed by atoms with Crippen molar-refractivity contribution in [2.24, 2.45) is 4.99 Å². The fourth-order valence-electron chi connectivity index (χ4n) is 3.26. The molecule has 0 amide bonds. The monoisotopic (exact) mass is 295 g/mol. The van der Waals surface area contributed by atoms with E-state index in [9.17, 15) is 4.39 Å². The first-order chi connectivity index (χ1) is 10.8. The Bertz CT molecular complexity index is 726. The van der Waals surface area contributed by atoms with E-state index < -0.39 is 6.17 Å². The highest BCUT2D eigenvalue weighted by Crippen LogP contribution is 2.25. The smallest absolute Gasteiger partial charge is 0.129 e. The van der Waals surface area contributed by atoms with Gasteiger partial charge in [0.2, 0.25) is 0 Å². The predicted octanol–water partition coefficient (Wildman–Crippen LogP) is 3.37. The number of benzene rings is 1. The fourth-order valence-corrected chi connectivity index (χ4v) is 3.26. The molecule has 1 unspecified atom stereocenters. The quantitative estimate of drug-likeness (QED) is 0.850. The number of hydrogen-bond acceptors (Lipinski definition) is 3. The van der Waals surface area contributed by atoms with E-state index in [1.807, 2.05) is 29.2 Å². The average Bonchev–Trinajstić information content (AvgIpc) is 2.99. The number of aromatic nitrogens is 1. The zero-order chi connectivity index (χ0) is 14.9. The number of hydrogen-bond donors (Lipinski definition) is 0. The summed E-state index contributed by atoms with van der Waals surface area (Å²) < 4.78 is 13.6. The van der Waals surface area contributed by atoms with Crippen LogP contribution >= 0.6 is 0 Å². The molecule has 1 saturated heterocycles. The molecule has 0 N–H and O–H groups in total. The lowest BCUT2D eigenvalue weighted by molar-refractivity contribution is 0.286. The number of rotatable bonds is 2. The molecule has 1 atom stereocenters. The van der Waals surface area contributed by atoms with Gasteiger partial charge in [0, 0.05) is 23.9 Å². The summed E-state index contributed by atoms with van der Waals surface area (Å²) in [6, 6.07) is 12.3. The first-order valence-corrected chi connectivity index (χ1v) is 7.79. The molecule has 112 valence electrons. The van der Waals surface area contributed by atoms with E-state index >= 15 is 0 Å². The largest absolute Gasteiger partial charge is 0.354 e. The van der Waals surface area contributed by atoms with Gasteiger partial charge < -0.3 is 4.90 Å². The molecule has 2 aliphatic rings. The van der Waals surface area contributed by atoms with Gasteiger partial charge in [0.05, 0.1) is 18.8 Å². The normalized spacial score (nSPS) is 20.7. The highest BCUT2D eigenvalue weighted by molar-refractivity contribution is 6.15. The van der Waals surface area contributed by atoms with Gasteiger partial charge in [0.25, 0.3) is 0 Å². The maximum absolute atomic E-state index is 13.6. The summed E-state index contributed by atoms with van der Waals surface area (Å²) >= 11 is 0. The third-order valence-corrected chi connectivity index (χ3v) is 4.39. The molecule has 2 aliphatic heterocycles. The van der Waals surface area contributed by atoms with Crippen molar-refractivity contribution >= 4 is 11.5 Å². The van der Waals surface area contributed by atoms with E-state index in [1.165, 1.54) is 11.1 Å². The van der Waals surface area contributed by atoms with Crippen LogP contribution in [0.15, 0.2) is 47.6 Å². The number of fused-ring (bicyclic) bond motifs is 1. The molecule has 0 spiro atoms. The molecule has 3 nitrogen and oxygen atoms in total. The third-order valence-electron chi connectivity index (χ3n) is 4.39. The highest BCUT2D eigenvalue weighted by Gasteiger charge is 2.22. The summed E-state index contributed by atoms with van der Waals surface area (Å²) in [4.78, 5) is 11.1. The van der Waals surface area contributed by atoms with Gasteiger partial charge in [-0.2, -0.15) is 0 Å². The van der Waals surface area contributed by atoms with Crippen LogP contribution < -0.4 is 4.90 Å². The average molecular weight is 295 g/mol. The van der Waals surface area contributed by atoms with Crippen LogP contribution in [0.3, 0.4) is 0 Å². The molecule has 22 heavy (non-hydrogen) atoms. The van der Waals surface area contributed by atoms with Gasteiger partial charge in [0.1, 0.15) is 12.0 Å². The minimum atomic E-state index is -0.747. The summed E-state index contributed by atoms with van der Waals surface area (Å²) in [6.07, 6.45) is 2.60. The van der Waals surface area contributed by atoms with Crippen molar-refractivity contribution in [3.63, 3.8) is 0 Å². The molecule has 0 bridgehead atoms. The molecule has 0 saturated carbocycles. The standard InChI is InChI=1S/C18H18FN3/c19-15-5-3-9-22(12-15)17-10-13(7-8-20-17)18-16-6-2-1-4-14(16)11-21-18/h1-2,4,6-8,10,15H,3,5,9,11-12H2. The van der Waals surface area contributed by atoms with Gasteiger partial charge in [-0.05, 0) is 30.5 Å². The first-order valence-electron chi connectivity index (χ1n) is 7.79. The number of anilines is 1. The second-order valence-electron chi connectivity index (χ2n) is 5.91. The van der Waals surface area contributed by atoms with Crippen molar-refractivity contribution in [3.8, 4) is 0 Å². The number of alkyl halides is 1. The first kappa shape index (κ1) is 13.4. The van der Waals surface area contributed by atoms with Crippen LogP contribution in [-0.2, 0) is 6.54 Å². The van der Waals surface area contributed by atoms with Crippen molar-refractivity contribution in [1.82, 2.24) is 4.98 Å². The maximum atomic E-state index is 13.6. The van der Waals surface area contributed by atoms with Crippen molar-refractivity contribution in [2.45, 2.75) is 25.6 Å². The molecule has 2 aromatic rings. The minimum absolute atomic E-state index is 0.444. The van der Waals surface area contributed by atoms with Crippen LogP contribution in [0, 0.1) is 0 Å². The Morgan fingerprint density at radius 3 is 3.00 bits per heavy atom. The van der Waals surface area contributed by atoms with Crippen molar-refractivity contribution in [3.05, 3.63) is 59.3 Å². The minimum Gasteiger partial charge on any atom is -0.354 e. The summed E-state index contributed by atoms with van der Waals surface area (Å²) in [5, 5.41) is 0. The maximum Gasteiger partial charge on any atom is 0.129 e. The van der Waals surface area contributed by atoms with Gasteiger partial charge in [-0.25, -0.2) is 9.37 Å². The Morgan fingerprint density at radius 1 is 1.18 bits per heavy atom. The van der Waals surface area contributed by atoms with Gasteiger partial charge in [-0.15, -0.1) is 0 Å². The molecule has 1 aromatic carbocycles. The molecule has 0 aliphatic carbocycles. The van der Waals surface area contributed by atoms with E-state index in [0.717, 1.165) is 36.6 Å². The van der Waals surface area contributed by atoms with Crippen LogP contribution in [0.1, 0.15) is 29.5 Å². The van der Waals surface area contributed by atoms with Crippen molar-refractivity contribution in [2.75, 3.05) is 18.0 Å². The zero-order valence-corrected chi connectivity index (χ0v) is 12.4. The summed E-state index contributed by atoms with van der Waals surface area (Å²) in [7, 11) is 0. The Balaban J connectivity index is 1.66. The number of pyridine rings is 1. The van der Waals surface area contributed by atoms with Crippen LogP contribution in [0.2, 0.25) is 0 Å². The molecular weight excluding hydrogens is 277 g/mol. The summed E-state index contributed by atoms with van der Waals surface area (Å²) in [6.45, 7) is 2.05. The second kappa shape index (κ2) is 5.52. The van der Waals surface area contributed by atoms with E-state index in [4.69, 9.17) is 0 Å². The lowest BCUT2D eigenvalue weighted by Crippen LogP contribution is -2.36. The zero-order valence-electron chi connectivity index (χ0n) is 12.4. The summed E-state index contributed by atoms with van der Waals surface area (Å²) in [5.74, 6) is 0.854. The predicted molar refractivity (Wildman–Crippen MR) is 86.4 cm³/mol. The van der Waals surface area contributed by atoms with Crippen molar-refractivity contribution < 1.29 is 4.39 Å². The number of nitrogens with zero attached hydrogens (tertiary/aromatic N) is 3. The number of aliphatic imine (C=N–C) groups is 1. The molecule has 1 fully saturated rings. The van der Waals surface area contributed by atoms with Gasteiger partial charge >= 0.3 is 0 Å². The Kier molecular flexibility index (Phi) is 3.37. The van der Waals surface area contributed by atoms with Crippen LogP contribution in [0.4, 0.5) is 10.2 Å². The second-order valence-corrected chi connectivity index (χ2v) is 5.91. The molecule has 3 heterocycles. The molecule has 4 heteroatoms. The molecule has 4 rings (SSSR count). The third kappa shape index (κ3) is 2.39. The highest BCUT2D eigenvalue weighted by atomic mass is 19.1. The van der Waals surface area contributed by atoms with Crippen LogP contribution in [0.25, 0.3) is 0 Å². The number of halogens is 1. The topological polar surface area (TPSA) is 28.5 Å². The summed E-state index contributed by atoms with van der Waals surface area (Å²) in [5.41, 5.74) is 4.54. The van der Waals surface area contributed by atoms with Gasteiger partial charge in [0.15, 0.2) is 0 Å². The Morgan fingerprint density at radius 2 is 2.09 bits per heavy atom. The Hall–Kier alpha value is -2.23. The number of piperidine rings is 1. The fraction of sp³-hybridized carbons (Fsp3) is 0.333. The Labute approximate surface area is 129 Å². The lowest BCUT2D eigenvalue weighted by Gasteiger charge is -2.30. The van der Waals surface area contributed by atoms with Crippen molar-refractivity contribution in [1.29, 1.82) is 0 Å². The van der Waals surface area contributed by atoms with E-state index in [0.29, 0.717) is 13.0 Å². The van der Waals surface area contributed by atoms with E-state index in [1.54, 1.807) is 6.20 Å². The van der Waals surface area contributed by atoms with E-state index in [-0.39, 0.29) is 0 Å². The molecular formula is C18H18FN3. The molecule has 1 aromatic heterocycles. The van der Waals surface area contributed by atoms with Gasteiger partial charge in [-0.1, -0.05) is 24.3 Å². The van der Waals surface area contributed by atoms with Gasteiger partial charge in [-0.3, -0.25) is 4.99 Å². The lowest BCUT2D eigenvalue weighted by atomic mass is 10.0. The SMILES string of the molecule is FC1CCCN(c2cc(C3=NCc4ccccc43)ccn2)C1. The van der Waals surface area contributed by atoms with E-state index in [2.05, 4.69) is 22.1 Å². The molecule has 0 radical (unpaired) electrons.